The molecule has 0 bridgehead atoms. The minimum absolute atomic E-state index is 0.00584. The average Bonchev–Trinajstić information content (AvgIpc) is 3.41. The Hall–Kier alpha value is -4.66. The van der Waals surface area contributed by atoms with Gasteiger partial charge in [0.15, 0.2) is 0 Å². The lowest BCUT2D eigenvalue weighted by Crippen LogP contribution is -2.33. The maximum atomic E-state index is 11.6. The lowest BCUT2D eigenvalue weighted by molar-refractivity contribution is -0.266. The van der Waals surface area contributed by atoms with Gasteiger partial charge in [0, 0.05) is 24.0 Å². The number of aliphatic hydroxyl groups excluding tert-OH is 1. The lowest BCUT2D eigenvalue weighted by atomic mass is 9.97. The van der Waals surface area contributed by atoms with Gasteiger partial charge in [-0.3, -0.25) is 4.79 Å². The van der Waals surface area contributed by atoms with Crippen molar-refractivity contribution in [2.24, 2.45) is 0 Å². The first kappa shape index (κ1) is 29.8. The number of aromatic hydroxyl groups is 1. The number of rotatable bonds is 7. The van der Waals surface area contributed by atoms with Gasteiger partial charge in [-0.2, -0.15) is 0 Å². The van der Waals surface area contributed by atoms with Gasteiger partial charge in [0.25, 0.3) is 0 Å². The number of aromatic amines is 1. The Balaban J connectivity index is 0.000000220. The summed E-state index contributed by atoms with van der Waals surface area (Å²) in [5.74, 6) is -1.59. The maximum absolute atomic E-state index is 11.6. The van der Waals surface area contributed by atoms with E-state index in [0.717, 1.165) is 31.1 Å². The number of hydrogen-bond donors (Lipinski definition) is 5. The van der Waals surface area contributed by atoms with Gasteiger partial charge < -0.3 is 30.7 Å². The highest BCUT2D eigenvalue weighted by atomic mass is 16.4. The van der Waals surface area contributed by atoms with E-state index in [1.165, 1.54) is 40.5 Å². The molecule has 1 atom stereocenters. The van der Waals surface area contributed by atoms with Crippen LogP contribution < -0.4 is 16.0 Å². The summed E-state index contributed by atoms with van der Waals surface area (Å²) in [6.07, 6.45) is 3.34. The van der Waals surface area contributed by atoms with Crippen molar-refractivity contribution >= 4 is 27.6 Å². The molecule has 5 aromatic rings. The number of benzene rings is 4. The van der Waals surface area contributed by atoms with Crippen molar-refractivity contribution < 1.29 is 25.2 Å². The standard InChI is InChI=1S/C24H28N2O3.C11H8O3/c1-3-14-9-16-11-18(12-17(16)10-15(14)4-2)25-13-22(28)19-5-7-21(27)24-20(19)6-8-23(29)26-24;12-10-8-4-2-1-3-7(8)5-6-9(10)11(13)14/h5-10,18,22,25,27-28H,3-4,11-13H2,1-2H3,(H,26,29);1-6,12H,(H,13,14)/p-1/t22-;/m0./s1. The first-order valence-electron chi connectivity index (χ1n) is 14.5. The van der Waals surface area contributed by atoms with Crippen molar-refractivity contribution in [3.05, 3.63) is 117 Å². The average molecular weight is 580 g/mol. The molecule has 0 spiro atoms. The molecule has 43 heavy (non-hydrogen) atoms. The van der Waals surface area contributed by atoms with E-state index in [9.17, 15) is 24.9 Å². The third-order valence-corrected chi connectivity index (χ3v) is 8.19. The Morgan fingerprint density at radius 2 is 1.63 bits per heavy atom. The third kappa shape index (κ3) is 6.26. The van der Waals surface area contributed by atoms with E-state index in [0.29, 0.717) is 34.4 Å². The molecule has 1 aliphatic carbocycles. The zero-order valence-corrected chi connectivity index (χ0v) is 24.2. The Bertz CT molecular complexity index is 1830. The fourth-order valence-electron chi connectivity index (χ4n) is 5.93. The second kappa shape index (κ2) is 12.7. The van der Waals surface area contributed by atoms with Gasteiger partial charge in [-0.05, 0) is 82.5 Å². The first-order valence-corrected chi connectivity index (χ1v) is 14.5. The van der Waals surface area contributed by atoms with Crippen molar-refractivity contribution in [2.45, 2.75) is 51.7 Å². The molecule has 222 valence electrons. The van der Waals surface area contributed by atoms with Crippen LogP contribution in [0.15, 0.2) is 77.6 Å². The Labute approximate surface area is 249 Å². The third-order valence-electron chi connectivity index (χ3n) is 8.19. The zero-order chi connectivity index (χ0) is 30.7. The lowest BCUT2D eigenvalue weighted by Gasteiger charge is -2.18. The normalized spacial score (nSPS) is 13.5. The topological polar surface area (TPSA) is 146 Å². The van der Waals surface area contributed by atoms with Gasteiger partial charge in [0.1, 0.15) is 5.75 Å². The number of phenolic OH excluding ortho intramolecular Hbond substituents is 1. The van der Waals surface area contributed by atoms with E-state index >= 15 is 0 Å². The van der Waals surface area contributed by atoms with Crippen molar-refractivity contribution in [3.8, 4) is 11.5 Å². The number of carbonyl (C=O) groups is 1. The zero-order valence-electron chi connectivity index (χ0n) is 24.2. The summed E-state index contributed by atoms with van der Waals surface area (Å²) in [5.41, 5.74) is 6.31. The monoisotopic (exact) mass is 579 g/mol. The number of H-pyrrole nitrogens is 1. The molecule has 1 heterocycles. The summed E-state index contributed by atoms with van der Waals surface area (Å²) in [5, 5.41) is 46.5. The number of fused-ring (bicyclic) bond motifs is 3. The summed E-state index contributed by atoms with van der Waals surface area (Å²) >= 11 is 0. The number of aryl methyl sites for hydroxylation is 2. The van der Waals surface area contributed by atoms with Gasteiger partial charge in [0.2, 0.25) is 5.56 Å². The number of carboxylic acid groups (broad SMARTS) is 1. The molecule has 4 aromatic carbocycles. The molecule has 8 heteroatoms. The van der Waals surface area contributed by atoms with Crippen LogP contribution >= 0.6 is 0 Å². The summed E-state index contributed by atoms with van der Waals surface area (Å²) < 4.78 is 0. The summed E-state index contributed by atoms with van der Waals surface area (Å²) in [6, 6.07) is 21.2. The molecule has 8 nitrogen and oxygen atoms in total. The van der Waals surface area contributed by atoms with Crippen LogP contribution in [0.1, 0.15) is 58.1 Å². The largest absolute Gasteiger partial charge is 0.871 e. The quantitative estimate of drug-likeness (QED) is 0.187. The molecule has 0 aliphatic heterocycles. The van der Waals surface area contributed by atoms with E-state index in [4.69, 9.17) is 5.11 Å². The smallest absolute Gasteiger partial charge is 0.335 e. The number of aromatic carboxylic acids is 1. The molecular formula is C35H35N2O6-. The second-order valence-corrected chi connectivity index (χ2v) is 10.9. The summed E-state index contributed by atoms with van der Waals surface area (Å²) in [6.45, 7) is 4.83. The maximum Gasteiger partial charge on any atom is 0.335 e. The van der Waals surface area contributed by atoms with Gasteiger partial charge in [-0.25, -0.2) is 4.79 Å². The Morgan fingerprint density at radius 3 is 2.28 bits per heavy atom. The SMILES string of the molecule is CCc1cc2c(cc1CC)CC(NC[C@H](O)c1ccc(O)c3[nH]c(=O)ccc13)C2.O=C(O)c1ccc2ccccc2c1[O-]. The minimum Gasteiger partial charge on any atom is -0.871 e. The fourth-order valence-corrected chi connectivity index (χ4v) is 5.93. The van der Waals surface area contributed by atoms with E-state index in [1.807, 2.05) is 6.07 Å². The molecular weight excluding hydrogens is 544 g/mol. The highest BCUT2D eigenvalue weighted by Gasteiger charge is 2.24. The number of pyridine rings is 1. The van der Waals surface area contributed by atoms with Gasteiger partial charge in [-0.15, -0.1) is 0 Å². The molecule has 1 aliphatic rings. The summed E-state index contributed by atoms with van der Waals surface area (Å²) in [7, 11) is 0. The summed E-state index contributed by atoms with van der Waals surface area (Å²) in [4.78, 5) is 24.9. The van der Waals surface area contributed by atoms with Crippen LogP contribution in [0.2, 0.25) is 0 Å². The van der Waals surface area contributed by atoms with Gasteiger partial charge in [-0.1, -0.05) is 68.1 Å². The number of hydrogen-bond acceptors (Lipinski definition) is 6. The number of aromatic nitrogens is 1. The predicted molar refractivity (Wildman–Crippen MR) is 166 cm³/mol. The van der Waals surface area contributed by atoms with Gasteiger partial charge >= 0.3 is 5.97 Å². The molecule has 5 N–H and O–H groups in total. The Morgan fingerprint density at radius 1 is 0.953 bits per heavy atom. The van der Waals surface area contributed by atoms with Crippen LogP contribution in [0.4, 0.5) is 0 Å². The van der Waals surface area contributed by atoms with E-state index in [2.05, 4.69) is 36.3 Å². The predicted octanol–water partition coefficient (Wildman–Crippen LogP) is 4.76. The molecule has 0 fully saturated rings. The fraction of sp³-hybridized carbons (Fsp3) is 0.257. The number of aliphatic hydroxyl groups is 1. The van der Waals surface area contributed by atoms with Crippen LogP contribution in [0, 0.1) is 0 Å². The van der Waals surface area contributed by atoms with Crippen molar-refractivity contribution in [1.29, 1.82) is 0 Å². The Kier molecular flexibility index (Phi) is 8.80. The first-order chi connectivity index (χ1) is 20.7. The molecule has 0 unspecified atom stereocenters. The molecule has 0 radical (unpaired) electrons. The van der Waals surface area contributed by atoms with Crippen LogP contribution in [-0.4, -0.2) is 38.9 Å². The van der Waals surface area contributed by atoms with E-state index in [-0.39, 0.29) is 16.9 Å². The number of phenols is 1. The molecule has 0 saturated heterocycles. The van der Waals surface area contributed by atoms with Crippen LogP contribution in [0.25, 0.3) is 21.7 Å². The van der Waals surface area contributed by atoms with E-state index in [1.54, 1.807) is 36.4 Å². The van der Waals surface area contributed by atoms with Crippen molar-refractivity contribution in [2.75, 3.05) is 6.54 Å². The second-order valence-electron chi connectivity index (χ2n) is 10.9. The molecule has 0 amide bonds. The number of nitrogens with one attached hydrogen (secondary N) is 2. The van der Waals surface area contributed by atoms with Gasteiger partial charge in [0.05, 0.1) is 17.2 Å². The number of carboxylic acids is 1. The minimum atomic E-state index is -1.18. The molecule has 6 rings (SSSR count). The van der Waals surface area contributed by atoms with Crippen LogP contribution in [0.5, 0.6) is 11.5 Å². The molecule has 0 saturated carbocycles. The highest BCUT2D eigenvalue weighted by molar-refractivity contribution is 5.99. The van der Waals surface area contributed by atoms with E-state index < -0.39 is 17.8 Å². The van der Waals surface area contributed by atoms with Crippen LogP contribution in [0.3, 0.4) is 0 Å². The van der Waals surface area contributed by atoms with Crippen molar-refractivity contribution in [3.63, 3.8) is 0 Å². The van der Waals surface area contributed by atoms with Crippen molar-refractivity contribution in [1.82, 2.24) is 10.3 Å². The highest BCUT2D eigenvalue weighted by Crippen LogP contribution is 2.30. The van der Waals surface area contributed by atoms with Crippen LogP contribution in [-0.2, 0) is 25.7 Å². The molecule has 1 aromatic heterocycles.